The highest BCUT2D eigenvalue weighted by atomic mass is 19.1. The third-order valence-electron chi connectivity index (χ3n) is 2.63. The molecule has 0 unspecified atom stereocenters. The van der Waals surface area contributed by atoms with Gasteiger partial charge in [0, 0.05) is 6.54 Å². The number of rotatable bonds is 3. The molecule has 0 atom stereocenters. The van der Waals surface area contributed by atoms with Crippen molar-refractivity contribution in [3.63, 3.8) is 0 Å². The summed E-state index contributed by atoms with van der Waals surface area (Å²) in [5.74, 6) is -1.50. The molecule has 2 N–H and O–H groups in total. The molecule has 0 saturated carbocycles. The number of nitrogens with zero attached hydrogens (tertiary/aromatic N) is 1. The van der Waals surface area contributed by atoms with Crippen LogP contribution < -0.4 is 10.6 Å². The summed E-state index contributed by atoms with van der Waals surface area (Å²) in [5, 5.41) is 4.61. The molecule has 0 bridgehead atoms. The average Bonchev–Trinajstić information content (AvgIpc) is 2.61. The molecule has 0 radical (unpaired) electrons. The minimum atomic E-state index is -0.702. The van der Waals surface area contributed by atoms with Crippen LogP contribution in [0.15, 0.2) is 23.2 Å². The zero-order valence-corrected chi connectivity index (χ0v) is 9.79. The predicted octanol–water partition coefficient (Wildman–Crippen LogP) is 0.279. The Morgan fingerprint density at radius 3 is 2.50 bits per heavy atom. The molecule has 0 aliphatic carbocycles. The maximum atomic E-state index is 12.9. The van der Waals surface area contributed by atoms with E-state index in [1.807, 2.05) is 6.92 Å². The molecule has 1 aliphatic rings. The van der Waals surface area contributed by atoms with Crippen LogP contribution in [0.2, 0.25) is 0 Å². The van der Waals surface area contributed by atoms with Crippen molar-refractivity contribution >= 4 is 17.8 Å². The summed E-state index contributed by atoms with van der Waals surface area (Å²) in [6.07, 6.45) is 0.612. The van der Waals surface area contributed by atoms with E-state index in [1.165, 1.54) is 12.1 Å². The van der Waals surface area contributed by atoms with E-state index < -0.39 is 11.8 Å². The summed E-state index contributed by atoms with van der Waals surface area (Å²) in [5.41, 5.74) is 1.84. The van der Waals surface area contributed by atoms with Gasteiger partial charge >= 0.3 is 11.8 Å². The fourth-order valence-corrected chi connectivity index (χ4v) is 1.67. The Balaban J connectivity index is 1.94. The van der Waals surface area contributed by atoms with Crippen molar-refractivity contribution in [1.82, 2.24) is 10.6 Å². The van der Waals surface area contributed by atoms with E-state index >= 15 is 0 Å². The molecule has 1 saturated heterocycles. The van der Waals surface area contributed by atoms with Crippen molar-refractivity contribution in [2.24, 2.45) is 4.99 Å². The van der Waals surface area contributed by atoms with E-state index in [2.05, 4.69) is 15.6 Å². The molecule has 6 heteroatoms. The standard InChI is InChI=1S/C12H12FN3O2/c1-7-6-9(13)3-2-8(7)4-5-14-12-15-10(17)11(18)16-12/h2-3,6H,4-5H2,1H3,(H2,14,15,16,17,18). The van der Waals surface area contributed by atoms with Crippen LogP contribution in [0.1, 0.15) is 11.1 Å². The SMILES string of the molecule is Cc1cc(F)ccc1CCN=C1NC(=O)C(=O)N1. The van der Waals surface area contributed by atoms with Crippen molar-refractivity contribution in [1.29, 1.82) is 0 Å². The van der Waals surface area contributed by atoms with Crippen molar-refractivity contribution in [3.8, 4) is 0 Å². The first kappa shape index (κ1) is 12.2. The molecule has 1 heterocycles. The van der Waals surface area contributed by atoms with Crippen LogP contribution in [0, 0.1) is 12.7 Å². The molecular formula is C12H12FN3O2. The number of nitrogens with one attached hydrogen (secondary N) is 2. The van der Waals surface area contributed by atoms with E-state index in [-0.39, 0.29) is 11.8 Å². The monoisotopic (exact) mass is 249 g/mol. The summed E-state index contributed by atoms with van der Waals surface area (Å²) in [6.45, 7) is 2.23. The fourth-order valence-electron chi connectivity index (χ4n) is 1.67. The number of aryl methyl sites for hydroxylation is 1. The summed E-state index contributed by atoms with van der Waals surface area (Å²) in [4.78, 5) is 25.8. The number of hydrogen-bond acceptors (Lipinski definition) is 3. The Morgan fingerprint density at radius 2 is 1.89 bits per heavy atom. The Kier molecular flexibility index (Phi) is 3.36. The number of aliphatic imine (C=N–C) groups is 1. The van der Waals surface area contributed by atoms with Crippen LogP contribution in [0.3, 0.4) is 0 Å². The van der Waals surface area contributed by atoms with E-state index in [9.17, 15) is 14.0 Å². The van der Waals surface area contributed by atoms with Gasteiger partial charge in [-0.15, -0.1) is 0 Å². The van der Waals surface area contributed by atoms with Gasteiger partial charge in [-0.1, -0.05) is 6.07 Å². The molecule has 1 aliphatic heterocycles. The maximum Gasteiger partial charge on any atom is 0.316 e. The van der Waals surface area contributed by atoms with E-state index in [0.717, 1.165) is 11.1 Å². The van der Waals surface area contributed by atoms with E-state index in [1.54, 1.807) is 6.07 Å². The van der Waals surface area contributed by atoms with Gasteiger partial charge in [-0.25, -0.2) is 4.39 Å². The molecule has 5 nitrogen and oxygen atoms in total. The van der Waals surface area contributed by atoms with Crippen molar-refractivity contribution in [2.75, 3.05) is 6.54 Å². The number of carbonyl (C=O) groups excluding carboxylic acids is 2. The lowest BCUT2D eigenvalue weighted by Crippen LogP contribution is -2.26. The Morgan fingerprint density at radius 1 is 1.22 bits per heavy atom. The summed E-state index contributed by atoms with van der Waals surface area (Å²) < 4.78 is 12.9. The molecule has 1 fully saturated rings. The second-order valence-corrected chi connectivity index (χ2v) is 3.96. The van der Waals surface area contributed by atoms with Gasteiger partial charge in [0.2, 0.25) is 5.96 Å². The molecule has 2 amide bonds. The van der Waals surface area contributed by atoms with Crippen LogP contribution >= 0.6 is 0 Å². The molecule has 1 aromatic rings. The highest BCUT2D eigenvalue weighted by Gasteiger charge is 2.24. The van der Waals surface area contributed by atoms with Crippen LogP contribution in [-0.2, 0) is 16.0 Å². The molecular weight excluding hydrogens is 237 g/mol. The summed E-state index contributed by atoms with van der Waals surface area (Å²) in [6, 6.07) is 4.56. The summed E-state index contributed by atoms with van der Waals surface area (Å²) >= 11 is 0. The third kappa shape index (κ3) is 2.71. The summed E-state index contributed by atoms with van der Waals surface area (Å²) in [7, 11) is 0. The number of carbonyl (C=O) groups is 2. The highest BCUT2D eigenvalue weighted by Crippen LogP contribution is 2.10. The molecule has 94 valence electrons. The molecule has 0 spiro atoms. The van der Waals surface area contributed by atoms with Gasteiger partial charge in [0.25, 0.3) is 0 Å². The lowest BCUT2D eigenvalue weighted by molar-refractivity contribution is -0.135. The predicted molar refractivity (Wildman–Crippen MR) is 63.4 cm³/mol. The zero-order chi connectivity index (χ0) is 13.1. The minimum Gasteiger partial charge on any atom is -0.288 e. The molecule has 1 aromatic carbocycles. The topological polar surface area (TPSA) is 70.6 Å². The Bertz CT molecular complexity index is 522. The van der Waals surface area contributed by atoms with Gasteiger partial charge in [0.15, 0.2) is 0 Å². The number of halogens is 1. The van der Waals surface area contributed by atoms with Gasteiger partial charge in [-0.2, -0.15) is 0 Å². The van der Waals surface area contributed by atoms with Gasteiger partial charge in [-0.3, -0.25) is 25.2 Å². The van der Waals surface area contributed by atoms with Gasteiger partial charge in [0.1, 0.15) is 5.82 Å². The van der Waals surface area contributed by atoms with Gasteiger partial charge in [-0.05, 0) is 36.6 Å². The molecule has 0 aromatic heterocycles. The fraction of sp³-hybridized carbons (Fsp3) is 0.250. The minimum absolute atomic E-state index is 0.171. The zero-order valence-electron chi connectivity index (χ0n) is 9.79. The first-order chi connectivity index (χ1) is 8.56. The van der Waals surface area contributed by atoms with Gasteiger partial charge < -0.3 is 0 Å². The number of amides is 2. The Hall–Kier alpha value is -2.24. The third-order valence-corrected chi connectivity index (χ3v) is 2.63. The lowest BCUT2D eigenvalue weighted by atomic mass is 10.1. The lowest BCUT2D eigenvalue weighted by Gasteiger charge is -2.04. The van der Waals surface area contributed by atoms with E-state index in [0.29, 0.717) is 13.0 Å². The smallest absolute Gasteiger partial charge is 0.288 e. The van der Waals surface area contributed by atoms with Crippen molar-refractivity contribution in [3.05, 3.63) is 35.1 Å². The number of guanidine groups is 1. The second kappa shape index (κ2) is 4.95. The van der Waals surface area contributed by atoms with Gasteiger partial charge in [0.05, 0.1) is 0 Å². The van der Waals surface area contributed by atoms with E-state index in [4.69, 9.17) is 0 Å². The normalized spacial score (nSPS) is 14.4. The van der Waals surface area contributed by atoms with Crippen LogP contribution in [0.25, 0.3) is 0 Å². The number of benzene rings is 1. The second-order valence-electron chi connectivity index (χ2n) is 3.96. The Labute approximate surface area is 103 Å². The van der Waals surface area contributed by atoms with Crippen LogP contribution in [-0.4, -0.2) is 24.3 Å². The van der Waals surface area contributed by atoms with Crippen molar-refractivity contribution in [2.45, 2.75) is 13.3 Å². The quantitative estimate of drug-likeness (QED) is 0.755. The van der Waals surface area contributed by atoms with Crippen LogP contribution in [0.5, 0.6) is 0 Å². The maximum absolute atomic E-state index is 12.9. The molecule has 2 rings (SSSR count). The largest absolute Gasteiger partial charge is 0.316 e. The van der Waals surface area contributed by atoms with Crippen LogP contribution in [0.4, 0.5) is 4.39 Å². The molecule has 18 heavy (non-hydrogen) atoms. The first-order valence-corrected chi connectivity index (χ1v) is 5.48. The first-order valence-electron chi connectivity index (χ1n) is 5.48. The van der Waals surface area contributed by atoms with Crippen molar-refractivity contribution < 1.29 is 14.0 Å². The number of hydrogen-bond donors (Lipinski definition) is 2. The average molecular weight is 249 g/mol. The highest BCUT2D eigenvalue weighted by molar-refractivity contribution is 6.45.